The lowest BCUT2D eigenvalue weighted by Gasteiger charge is -2.34. The Morgan fingerprint density at radius 1 is 1.32 bits per heavy atom. The maximum atomic E-state index is 13.2. The van der Waals surface area contributed by atoms with Gasteiger partial charge in [0.1, 0.15) is 11.6 Å². The summed E-state index contributed by atoms with van der Waals surface area (Å²) in [6.07, 6.45) is 2.11. The van der Waals surface area contributed by atoms with Crippen molar-refractivity contribution in [2.75, 3.05) is 13.1 Å². The summed E-state index contributed by atoms with van der Waals surface area (Å²) < 4.78 is 18.5. The van der Waals surface area contributed by atoms with Gasteiger partial charge in [0, 0.05) is 32.5 Å². The van der Waals surface area contributed by atoms with Gasteiger partial charge in [0.25, 0.3) is 5.91 Å². The van der Waals surface area contributed by atoms with Crippen LogP contribution in [0.4, 0.5) is 4.39 Å². The molecule has 1 aliphatic heterocycles. The van der Waals surface area contributed by atoms with E-state index in [1.165, 1.54) is 18.5 Å². The molecule has 2 amide bonds. The molecule has 1 saturated heterocycles. The number of carbonyl (C=O) groups excluding carboxylic acids is 2. The summed E-state index contributed by atoms with van der Waals surface area (Å²) in [6.45, 7) is 7.16. The van der Waals surface area contributed by atoms with Crippen LogP contribution >= 0.6 is 0 Å². The molecule has 2 aromatic rings. The highest BCUT2D eigenvalue weighted by molar-refractivity contribution is 5.93. The van der Waals surface area contributed by atoms with Crippen molar-refractivity contribution in [2.45, 2.75) is 46.2 Å². The number of carbonyl (C=O) groups is 2. The van der Waals surface area contributed by atoms with Crippen molar-refractivity contribution in [3.63, 3.8) is 0 Å². The minimum atomic E-state index is -0.303. The summed E-state index contributed by atoms with van der Waals surface area (Å²) in [5, 5.41) is 0. The molecule has 3 rings (SSSR count). The van der Waals surface area contributed by atoms with E-state index >= 15 is 0 Å². The smallest absolute Gasteiger partial charge is 0.276 e. The monoisotopic (exact) mass is 387 g/mol. The standard InChI is InChI=1S/C21H26FN3O3/c1-4-18-20(23-13-28-18)21(27)24-10-9-19(26)25(17(12-24)14(2)3)11-15-5-7-16(22)8-6-15/h5-8,13-14,17H,4,9-12H2,1-3H3/t17-/m0/s1. The van der Waals surface area contributed by atoms with E-state index in [1.54, 1.807) is 17.0 Å². The number of benzene rings is 1. The largest absolute Gasteiger partial charge is 0.448 e. The van der Waals surface area contributed by atoms with Crippen molar-refractivity contribution < 1.29 is 18.4 Å². The Balaban J connectivity index is 1.83. The number of hydrogen-bond donors (Lipinski definition) is 0. The summed E-state index contributed by atoms with van der Waals surface area (Å²) in [5.74, 6) is 0.204. The van der Waals surface area contributed by atoms with Crippen LogP contribution in [0.25, 0.3) is 0 Å². The lowest BCUT2D eigenvalue weighted by Crippen LogP contribution is -2.47. The SMILES string of the molecule is CCc1ocnc1C(=O)N1CCC(=O)N(Cc2ccc(F)cc2)[C@H](C(C)C)C1. The van der Waals surface area contributed by atoms with Crippen molar-refractivity contribution in [3.05, 3.63) is 53.5 Å². The van der Waals surface area contributed by atoms with Crippen molar-refractivity contribution >= 4 is 11.8 Å². The van der Waals surface area contributed by atoms with Crippen LogP contribution < -0.4 is 0 Å². The first kappa shape index (κ1) is 20.0. The molecule has 1 aromatic carbocycles. The fourth-order valence-electron chi connectivity index (χ4n) is 3.57. The van der Waals surface area contributed by atoms with Gasteiger partial charge in [-0.2, -0.15) is 0 Å². The molecule has 0 spiro atoms. The fraction of sp³-hybridized carbons (Fsp3) is 0.476. The Bertz CT molecular complexity index is 832. The van der Waals surface area contributed by atoms with Crippen molar-refractivity contribution in [2.24, 2.45) is 5.92 Å². The number of aryl methyl sites for hydroxylation is 1. The summed E-state index contributed by atoms with van der Waals surface area (Å²) in [4.78, 5) is 33.5. The Morgan fingerprint density at radius 2 is 2.04 bits per heavy atom. The van der Waals surface area contributed by atoms with Gasteiger partial charge in [0.2, 0.25) is 5.91 Å². The number of amides is 2. The molecule has 1 aromatic heterocycles. The molecule has 0 bridgehead atoms. The lowest BCUT2D eigenvalue weighted by molar-refractivity contribution is -0.134. The van der Waals surface area contributed by atoms with Gasteiger partial charge in [0.05, 0.1) is 6.04 Å². The Hall–Kier alpha value is -2.70. The topological polar surface area (TPSA) is 66.7 Å². The van der Waals surface area contributed by atoms with Crippen LogP contribution in [0.1, 0.15) is 49.0 Å². The van der Waals surface area contributed by atoms with Crippen LogP contribution in [0.5, 0.6) is 0 Å². The highest BCUT2D eigenvalue weighted by Gasteiger charge is 2.34. The van der Waals surface area contributed by atoms with E-state index in [9.17, 15) is 14.0 Å². The predicted octanol–water partition coefficient (Wildman–Crippen LogP) is 3.28. The minimum Gasteiger partial charge on any atom is -0.448 e. The second-order valence-corrected chi connectivity index (χ2v) is 7.44. The van der Waals surface area contributed by atoms with Crippen LogP contribution in [0, 0.1) is 11.7 Å². The number of oxazole rings is 1. The molecule has 1 aliphatic rings. The van der Waals surface area contributed by atoms with Crippen LogP contribution in [0.2, 0.25) is 0 Å². The minimum absolute atomic E-state index is 0.00538. The summed E-state index contributed by atoms with van der Waals surface area (Å²) in [6, 6.07) is 6.04. The van der Waals surface area contributed by atoms with Crippen molar-refractivity contribution in [3.8, 4) is 0 Å². The zero-order chi connectivity index (χ0) is 20.3. The molecule has 7 heteroatoms. The average Bonchev–Trinajstić information content (AvgIpc) is 3.09. The van der Waals surface area contributed by atoms with Gasteiger partial charge in [-0.15, -0.1) is 0 Å². The van der Waals surface area contributed by atoms with E-state index in [1.807, 2.05) is 25.7 Å². The summed E-state index contributed by atoms with van der Waals surface area (Å²) in [7, 11) is 0. The number of hydrogen-bond acceptors (Lipinski definition) is 4. The van der Waals surface area contributed by atoms with E-state index < -0.39 is 0 Å². The van der Waals surface area contributed by atoms with E-state index in [0.717, 1.165) is 5.56 Å². The molecule has 150 valence electrons. The van der Waals surface area contributed by atoms with Crippen LogP contribution in [0.3, 0.4) is 0 Å². The van der Waals surface area contributed by atoms with Gasteiger partial charge in [-0.1, -0.05) is 32.9 Å². The van der Waals surface area contributed by atoms with Crippen molar-refractivity contribution in [1.82, 2.24) is 14.8 Å². The molecule has 0 N–H and O–H groups in total. The van der Waals surface area contributed by atoms with Crippen LogP contribution in [0.15, 0.2) is 35.1 Å². The van der Waals surface area contributed by atoms with Crippen molar-refractivity contribution in [1.29, 1.82) is 0 Å². The molecule has 6 nitrogen and oxygen atoms in total. The number of aromatic nitrogens is 1. The fourth-order valence-corrected chi connectivity index (χ4v) is 3.57. The molecular formula is C21H26FN3O3. The maximum Gasteiger partial charge on any atom is 0.276 e. The van der Waals surface area contributed by atoms with Crippen LogP contribution in [-0.4, -0.2) is 45.7 Å². The second-order valence-electron chi connectivity index (χ2n) is 7.44. The van der Waals surface area contributed by atoms with Gasteiger partial charge in [-0.05, 0) is 23.6 Å². The van der Waals surface area contributed by atoms with E-state index in [0.29, 0.717) is 37.5 Å². The molecule has 1 fully saturated rings. The molecule has 28 heavy (non-hydrogen) atoms. The third-order valence-corrected chi connectivity index (χ3v) is 5.21. The first-order valence-electron chi connectivity index (χ1n) is 9.66. The van der Waals surface area contributed by atoms with Gasteiger partial charge in [-0.3, -0.25) is 9.59 Å². The zero-order valence-electron chi connectivity index (χ0n) is 16.5. The number of rotatable bonds is 5. The van der Waals surface area contributed by atoms with E-state index in [4.69, 9.17) is 4.42 Å². The van der Waals surface area contributed by atoms with Gasteiger partial charge in [0.15, 0.2) is 12.1 Å². The normalized spacial score (nSPS) is 17.9. The van der Waals surface area contributed by atoms with Gasteiger partial charge >= 0.3 is 0 Å². The zero-order valence-corrected chi connectivity index (χ0v) is 16.5. The van der Waals surface area contributed by atoms with Crippen LogP contribution in [-0.2, 0) is 17.8 Å². The molecule has 0 unspecified atom stereocenters. The molecular weight excluding hydrogens is 361 g/mol. The van der Waals surface area contributed by atoms with E-state index in [2.05, 4.69) is 4.98 Å². The summed E-state index contributed by atoms with van der Waals surface area (Å²) >= 11 is 0. The van der Waals surface area contributed by atoms with Gasteiger partial charge < -0.3 is 14.2 Å². The number of nitrogens with zero attached hydrogens (tertiary/aromatic N) is 3. The molecule has 0 saturated carbocycles. The third kappa shape index (κ3) is 4.24. The number of halogens is 1. The Kier molecular flexibility index (Phi) is 6.11. The maximum absolute atomic E-state index is 13.2. The summed E-state index contributed by atoms with van der Waals surface area (Å²) in [5.41, 5.74) is 1.19. The third-order valence-electron chi connectivity index (χ3n) is 5.21. The first-order valence-corrected chi connectivity index (χ1v) is 9.66. The lowest BCUT2D eigenvalue weighted by atomic mass is 10.0. The average molecular weight is 387 g/mol. The highest BCUT2D eigenvalue weighted by atomic mass is 19.1. The molecule has 0 aliphatic carbocycles. The van der Waals surface area contributed by atoms with Gasteiger partial charge in [-0.25, -0.2) is 9.37 Å². The molecule has 2 heterocycles. The Morgan fingerprint density at radius 3 is 2.68 bits per heavy atom. The predicted molar refractivity (Wildman–Crippen MR) is 102 cm³/mol. The first-order chi connectivity index (χ1) is 13.4. The highest BCUT2D eigenvalue weighted by Crippen LogP contribution is 2.23. The van der Waals surface area contributed by atoms with E-state index in [-0.39, 0.29) is 36.0 Å². The molecule has 0 radical (unpaired) electrons. The molecule has 1 atom stereocenters. The second kappa shape index (κ2) is 8.54. The Labute approximate surface area is 164 Å². The quantitative estimate of drug-likeness (QED) is 0.790.